The Morgan fingerprint density at radius 1 is 0.523 bits per heavy atom. The zero-order chi connectivity index (χ0) is 32.0. The average Bonchev–Trinajstić information content (AvgIpc) is 3.00. The van der Waals surface area contributed by atoms with Crippen LogP contribution in [-0.4, -0.2) is 4.98 Å². The van der Waals surface area contributed by atoms with Gasteiger partial charge in [0.15, 0.2) is 0 Å². The number of nitrogens with zero attached hydrogens (tertiary/aromatic N) is 1. The van der Waals surface area contributed by atoms with Crippen LogP contribution in [0.1, 0.15) is 86.9 Å². The van der Waals surface area contributed by atoms with Crippen molar-refractivity contribution in [2.45, 2.75) is 53.4 Å². The average molecular weight is 661 g/mol. The molecule has 1 aromatic heterocycles. The third-order valence-corrected chi connectivity index (χ3v) is 6.08. The molecule has 2 nitrogen and oxygen atoms in total. The van der Waals surface area contributed by atoms with Crippen LogP contribution in [0.15, 0.2) is 134 Å². The third kappa shape index (κ3) is 18.0. The maximum atomic E-state index is 8.01. The largest absolute Gasteiger partial charge is 0.698 e. The molecule has 5 rings (SSSR count). The van der Waals surface area contributed by atoms with E-state index in [9.17, 15) is 0 Å². The number of aromatic nitrogens is 1. The predicted molar refractivity (Wildman–Crippen MR) is 189 cm³/mol. The van der Waals surface area contributed by atoms with Gasteiger partial charge in [-0.05, 0) is 11.8 Å². The van der Waals surface area contributed by atoms with Crippen molar-refractivity contribution < 1.29 is 26.2 Å². The zero-order valence-corrected chi connectivity index (χ0v) is 29.9. The molecule has 4 aromatic carbocycles. The standard InChI is InChI=1S/C12H18N.C8H10N.3C7H7.Zr/c1-8(2)10-6-5-7-11(9(3)4)12(10)13;1-7(2)8-5-3-4-6-9-8;3*1-7-5-3-2-4-6-7;/h5-9,13H,1-4H3;3-6H,1-2H3;3*2-6H,1H2;/q5*-1;. The molecule has 3 heteroatoms. The zero-order valence-electron chi connectivity index (χ0n) is 27.4. The first-order valence-corrected chi connectivity index (χ1v) is 14.7. The number of benzene rings is 4. The van der Waals surface area contributed by atoms with E-state index < -0.39 is 0 Å². The Balaban J connectivity index is 0.000000535. The molecule has 0 unspecified atom stereocenters. The van der Waals surface area contributed by atoms with E-state index in [1.165, 1.54) is 5.92 Å². The molecule has 1 heterocycles. The second-order valence-electron chi connectivity index (χ2n) is 10.8. The summed E-state index contributed by atoms with van der Waals surface area (Å²) in [6.45, 7) is 23.8. The van der Waals surface area contributed by atoms with E-state index in [0.717, 1.165) is 39.2 Å². The maximum Gasteiger partial charge on any atom is 0.0222 e. The molecule has 0 aliphatic carbocycles. The normalized spacial score (nSPS) is 9.27. The van der Waals surface area contributed by atoms with E-state index in [4.69, 9.17) is 5.73 Å². The van der Waals surface area contributed by atoms with Gasteiger partial charge in [-0.15, -0.1) is 62.0 Å². The van der Waals surface area contributed by atoms with E-state index in [1.807, 2.05) is 115 Å². The molecule has 0 amide bonds. The van der Waals surface area contributed by atoms with Crippen LogP contribution in [0.4, 0.5) is 5.69 Å². The van der Waals surface area contributed by atoms with E-state index in [2.05, 4.69) is 85.5 Å². The maximum absolute atomic E-state index is 8.01. The summed E-state index contributed by atoms with van der Waals surface area (Å²) in [7, 11) is 0. The van der Waals surface area contributed by atoms with Gasteiger partial charge in [-0.1, -0.05) is 87.0 Å². The van der Waals surface area contributed by atoms with Crippen LogP contribution in [0, 0.1) is 26.7 Å². The first kappa shape index (κ1) is 40.2. The Morgan fingerprint density at radius 3 is 1.07 bits per heavy atom. The molecule has 1 N–H and O–H groups in total. The molecule has 0 spiro atoms. The predicted octanol–water partition coefficient (Wildman–Crippen LogP) is 12.3. The molecule has 5 aromatic rings. The Labute approximate surface area is 288 Å². The van der Waals surface area contributed by atoms with Gasteiger partial charge in [0, 0.05) is 32.4 Å². The Morgan fingerprint density at radius 2 is 0.864 bits per heavy atom. The molecule has 0 saturated carbocycles. The van der Waals surface area contributed by atoms with Gasteiger partial charge in [0.25, 0.3) is 0 Å². The summed E-state index contributed by atoms with van der Waals surface area (Å²) < 4.78 is 0. The van der Waals surface area contributed by atoms with Gasteiger partial charge in [0.1, 0.15) is 0 Å². The van der Waals surface area contributed by atoms with Crippen LogP contribution in [0.2, 0.25) is 0 Å². The summed E-state index contributed by atoms with van der Waals surface area (Å²) in [5.41, 5.74) is 15.3. The summed E-state index contributed by atoms with van der Waals surface area (Å²) in [6, 6.07) is 41.7. The van der Waals surface area contributed by atoms with E-state index in [-0.39, 0.29) is 26.2 Å². The quantitative estimate of drug-likeness (QED) is 0.177. The summed E-state index contributed by atoms with van der Waals surface area (Å²) in [5, 5.41) is 0. The molecule has 232 valence electrons. The molecule has 44 heavy (non-hydrogen) atoms. The molecular formula is C41H49N2Zr-5. The molecule has 0 fully saturated rings. The number of rotatable bonds is 3. The number of nitrogens with one attached hydrogen (secondary N) is 1. The monoisotopic (exact) mass is 659 g/mol. The van der Waals surface area contributed by atoms with Crippen molar-refractivity contribution in [3.63, 3.8) is 0 Å². The molecule has 0 radical (unpaired) electrons. The van der Waals surface area contributed by atoms with Crippen molar-refractivity contribution in [1.29, 1.82) is 0 Å². The van der Waals surface area contributed by atoms with Crippen molar-refractivity contribution in [2.24, 2.45) is 0 Å². The van der Waals surface area contributed by atoms with Gasteiger partial charge in [-0.25, -0.2) is 0 Å². The van der Waals surface area contributed by atoms with Crippen molar-refractivity contribution in [1.82, 2.24) is 4.98 Å². The SMILES string of the molecule is CC(C)c1cccc(C(C)C)c1[NH-].C[C-](C)c1ccccn1.[CH2-]c1ccccc1.[CH2-]c1ccccc1.[CH2-]c1ccccc1.[Zr]. The fourth-order valence-electron chi connectivity index (χ4n) is 3.64. The van der Waals surface area contributed by atoms with Crippen LogP contribution < -0.4 is 0 Å². The van der Waals surface area contributed by atoms with Gasteiger partial charge >= 0.3 is 0 Å². The number of hydrogen-bond acceptors (Lipinski definition) is 1. The second kappa shape index (κ2) is 23.6. The summed E-state index contributed by atoms with van der Waals surface area (Å²) in [4.78, 5) is 4.14. The molecular weight excluding hydrogens is 612 g/mol. The molecule has 0 atom stereocenters. The second-order valence-corrected chi connectivity index (χ2v) is 10.8. The van der Waals surface area contributed by atoms with Gasteiger partial charge in [0.2, 0.25) is 0 Å². The van der Waals surface area contributed by atoms with Gasteiger partial charge in [-0.2, -0.15) is 85.8 Å². The number of pyridine rings is 1. The summed E-state index contributed by atoms with van der Waals surface area (Å²) in [6.07, 6.45) is 1.81. The Bertz CT molecular complexity index is 1240. The fourth-order valence-corrected chi connectivity index (χ4v) is 3.64. The van der Waals surface area contributed by atoms with E-state index in [1.54, 1.807) is 0 Å². The van der Waals surface area contributed by atoms with Crippen LogP contribution >= 0.6 is 0 Å². The van der Waals surface area contributed by atoms with Gasteiger partial charge in [0.05, 0.1) is 0 Å². The fraction of sp³-hybridized carbons (Fsp3) is 0.195. The van der Waals surface area contributed by atoms with Crippen molar-refractivity contribution in [2.75, 3.05) is 0 Å². The van der Waals surface area contributed by atoms with Crippen LogP contribution in [-0.2, 0) is 26.2 Å². The molecule has 0 saturated heterocycles. The number of hydrogen-bond donors (Lipinski definition) is 0. The third-order valence-electron chi connectivity index (χ3n) is 6.08. The van der Waals surface area contributed by atoms with Crippen molar-refractivity contribution in [3.05, 3.63) is 200 Å². The van der Waals surface area contributed by atoms with Crippen LogP contribution in [0.5, 0.6) is 0 Å². The van der Waals surface area contributed by atoms with E-state index >= 15 is 0 Å². The molecule has 0 aliphatic heterocycles. The topological polar surface area (TPSA) is 36.7 Å². The van der Waals surface area contributed by atoms with Crippen molar-refractivity contribution >= 4 is 5.69 Å². The summed E-state index contributed by atoms with van der Waals surface area (Å²) >= 11 is 0. The first-order chi connectivity index (χ1) is 20.5. The van der Waals surface area contributed by atoms with Crippen LogP contribution in [0.25, 0.3) is 5.73 Å². The Hall–Kier alpha value is -3.81. The van der Waals surface area contributed by atoms with Crippen molar-refractivity contribution in [3.8, 4) is 0 Å². The smallest absolute Gasteiger partial charge is 0.0222 e. The first-order valence-electron chi connectivity index (χ1n) is 14.7. The van der Waals surface area contributed by atoms with Gasteiger partial charge < -0.3 is 5.73 Å². The molecule has 0 bridgehead atoms. The van der Waals surface area contributed by atoms with Crippen LogP contribution in [0.3, 0.4) is 0 Å². The minimum Gasteiger partial charge on any atom is -0.698 e. The molecule has 0 aliphatic rings. The minimum atomic E-state index is 0. The minimum absolute atomic E-state index is 0. The van der Waals surface area contributed by atoms with Gasteiger partial charge in [-0.3, -0.25) is 4.98 Å². The Kier molecular flexibility index (Phi) is 21.6. The van der Waals surface area contributed by atoms with E-state index in [0.29, 0.717) is 11.8 Å². The summed E-state index contributed by atoms with van der Waals surface area (Å²) in [5.74, 6) is 2.16.